The molecule has 2 heteroatoms. The van der Waals surface area contributed by atoms with Crippen LogP contribution < -0.4 is 0 Å². The van der Waals surface area contributed by atoms with E-state index in [0.717, 1.165) is 24.5 Å². The minimum atomic E-state index is 0.862. The van der Waals surface area contributed by atoms with Gasteiger partial charge in [0.05, 0.1) is 0 Å². The molecule has 104 valence electrons. The third kappa shape index (κ3) is 3.41. The standard InChI is InChI=1S/C18H20ClN/c19-18-9-8-17-14-20(12-10-16(17)13-18)11-4-7-15-5-2-1-3-6-15/h1-3,5-6,8-9,13H,4,7,10-12,14H2. The van der Waals surface area contributed by atoms with Crippen LogP contribution in [0.1, 0.15) is 23.1 Å². The summed E-state index contributed by atoms with van der Waals surface area (Å²) in [6.45, 7) is 3.40. The fourth-order valence-electron chi connectivity index (χ4n) is 2.92. The Hall–Kier alpha value is -1.31. The Labute approximate surface area is 126 Å². The molecule has 20 heavy (non-hydrogen) atoms. The lowest BCUT2D eigenvalue weighted by Crippen LogP contribution is -2.31. The Balaban J connectivity index is 1.52. The van der Waals surface area contributed by atoms with E-state index in [2.05, 4.69) is 47.4 Å². The van der Waals surface area contributed by atoms with Crippen LogP contribution in [0.5, 0.6) is 0 Å². The van der Waals surface area contributed by atoms with Crippen LogP contribution in [-0.2, 0) is 19.4 Å². The summed E-state index contributed by atoms with van der Waals surface area (Å²) in [7, 11) is 0. The molecule has 0 aliphatic carbocycles. The SMILES string of the molecule is Clc1ccc2c(c1)CCN(CCCc1ccccc1)C2. The maximum absolute atomic E-state index is 6.05. The Morgan fingerprint density at radius 2 is 1.85 bits per heavy atom. The predicted molar refractivity (Wildman–Crippen MR) is 85.2 cm³/mol. The average molecular weight is 286 g/mol. The predicted octanol–water partition coefficient (Wildman–Crippen LogP) is 4.33. The summed E-state index contributed by atoms with van der Waals surface area (Å²) < 4.78 is 0. The molecule has 3 rings (SSSR count). The van der Waals surface area contributed by atoms with Gasteiger partial charge in [-0.15, -0.1) is 0 Å². The van der Waals surface area contributed by atoms with Crippen LogP contribution in [0.2, 0.25) is 5.02 Å². The Morgan fingerprint density at radius 3 is 2.70 bits per heavy atom. The molecule has 1 nitrogen and oxygen atoms in total. The van der Waals surface area contributed by atoms with Crippen molar-refractivity contribution in [3.8, 4) is 0 Å². The van der Waals surface area contributed by atoms with Crippen LogP contribution >= 0.6 is 11.6 Å². The van der Waals surface area contributed by atoms with Gasteiger partial charge in [0.15, 0.2) is 0 Å². The van der Waals surface area contributed by atoms with Gasteiger partial charge in [-0.3, -0.25) is 4.90 Å². The third-order valence-electron chi connectivity index (χ3n) is 4.04. The number of rotatable bonds is 4. The molecule has 0 N–H and O–H groups in total. The number of fused-ring (bicyclic) bond motifs is 1. The molecule has 0 unspecified atom stereocenters. The van der Waals surface area contributed by atoms with Crippen molar-refractivity contribution >= 4 is 11.6 Å². The van der Waals surface area contributed by atoms with E-state index in [0.29, 0.717) is 0 Å². The van der Waals surface area contributed by atoms with Crippen molar-refractivity contribution in [2.24, 2.45) is 0 Å². The Kier molecular flexibility index (Phi) is 4.39. The van der Waals surface area contributed by atoms with Gasteiger partial charge in [0, 0.05) is 18.1 Å². The molecule has 1 aliphatic heterocycles. The van der Waals surface area contributed by atoms with Crippen molar-refractivity contribution in [1.82, 2.24) is 4.90 Å². The molecular weight excluding hydrogens is 266 g/mol. The fraction of sp³-hybridized carbons (Fsp3) is 0.333. The normalized spacial score (nSPS) is 15.1. The van der Waals surface area contributed by atoms with E-state index in [-0.39, 0.29) is 0 Å². The summed E-state index contributed by atoms with van der Waals surface area (Å²) in [4.78, 5) is 2.55. The highest BCUT2D eigenvalue weighted by Crippen LogP contribution is 2.22. The number of benzene rings is 2. The number of aryl methyl sites for hydroxylation is 1. The first-order chi connectivity index (χ1) is 9.81. The number of hydrogen-bond donors (Lipinski definition) is 0. The second kappa shape index (κ2) is 6.43. The van der Waals surface area contributed by atoms with Crippen LogP contribution in [0, 0.1) is 0 Å². The van der Waals surface area contributed by atoms with Crippen LogP contribution in [-0.4, -0.2) is 18.0 Å². The highest BCUT2D eigenvalue weighted by atomic mass is 35.5. The molecule has 2 aromatic rings. The number of halogens is 1. The highest BCUT2D eigenvalue weighted by Gasteiger charge is 2.15. The summed E-state index contributed by atoms with van der Waals surface area (Å²) in [5.74, 6) is 0. The largest absolute Gasteiger partial charge is 0.299 e. The summed E-state index contributed by atoms with van der Waals surface area (Å²) in [5.41, 5.74) is 4.31. The van der Waals surface area contributed by atoms with Crippen molar-refractivity contribution in [2.75, 3.05) is 13.1 Å². The molecular formula is C18H20ClN. The molecule has 0 saturated carbocycles. The Bertz CT molecular complexity index is 565. The molecule has 0 amide bonds. The minimum absolute atomic E-state index is 0.862. The smallest absolute Gasteiger partial charge is 0.0408 e. The first-order valence-electron chi connectivity index (χ1n) is 7.35. The lowest BCUT2D eigenvalue weighted by atomic mass is 9.99. The van der Waals surface area contributed by atoms with E-state index >= 15 is 0 Å². The molecule has 1 aliphatic rings. The Morgan fingerprint density at radius 1 is 1.00 bits per heavy atom. The maximum atomic E-state index is 6.05. The summed E-state index contributed by atoms with van der Waals surface area (Å²) >= 11 is 6.05. The lowest BCUT2D eigenvalue weighted by Gasteiger charge is -2.28. The van der Waals surface area contributed by atoms with E-state index in [9.17, 15) is 0 Å². The summed E-state index contributed by atoms with van der Waals surface area (Å²) in [5, 5.41) is 0.862. The van der Waals surface area contributed by atoms with E-state index in [4.69, 9.17) is 11.6 Å². The monoisotopic (exact) mass is 285 g/mol. The quantitative estimate of drug-likeness (QED) is 0.808. The highest BCUT2D eigenvalue weighted by molar-refractivity contribution is 6.30. The molecule has 0 aromatic heterocycles. The minimum Gasteiger partial charge on any atom is -0.299 e. The average Bonchev–Trinajstić information content (AvgIpc) is 2.48. The van der Waals surface area contributed by atoms with E-state index in [1.54, 1.807) is 0 Å². The first-order valence-corrected chi connectivity index (χ1v) is 7.73. The zero-order valence-electron chi connectivity index (χ0n) is 11.7. The van der Waals surface area contributed by atoms with E-state index < -0.39 is 0 Å². The van der Waals surface area contributed by atoms with E-state index in [1.807, 2.05) is 6.07 Å². The van der Waals surface area contributed by atoms with Crippen LogP contribution in [0.15, 0.2) is 48.5 Å². The lowest BCUT2D eigenvalue weighted by molar-refractivity contribution is 0.251. The van der Waals surface area contributed by atoms with Gasteiger partial charge in [-0.05, 0) is 54.6 Å². The number of nitrogens with zero attached hydrogens (tertiary/aromatic N) is 1. The third-order valence-corrected chi connectivity index (χ3v) is 4.28. The molecule has 0 bridgehead atoms. The van der Waals surface area contributed by atoms with Crippen LogP contribution in [0.3, 0.4) is 0 Å². The molecule has 0 saturated heterocycles. The first kappa shape index (κ1) is 13.7. The van der Waals surface area contributed by atoms with Gasteiger partial charge in [0.1, 0.15) is 0 Å². The van der Waals surface area contributed by atoms with Crippen molar-refractivity contribution in [3.05, 3.63) is 70.2 Å². The molecule has 0 fully saturated rings. The van der Waals surface area contributed by atoms with E-state index in [1.165, 1.54) is 36.1 Å². The van der Waals surface area contributed by atoms with Crippen molar-refractivity contribution in [3.63, 3.8) is 0 Å². The molecule has 0 radical (unpaired) electrons. The van der Waals surface area contributed by atoms with Crippen LogP contribution in [0.25, 0.3) is 0 Å². The zero-order valence-corrected chi connectivity index (χ0v) is 12.4. The molecule has 1 heterocycles. The van der Waals surface area contributed by atoms with Gasteiger partial charge in [-0.2, -0.15) is 0 Å². The second-order valence-corrected chi connectivity index (χ2v) is 5.96. The van der Waals surface area contributed by atoms with Gasteiger partial charge in [0.2, 0.25) is 0 Å². The van der Waals surface area contributed by atoms with Gasteiger partial charge in [-0.1, -0.05) is 48.0 Å². The van der Waals surface area contributed by atoms with Crippen LogP contribution in [0.4, 0.5) is 0 Å². The zero-order chi connectivity index (χ0) is 13.8. The summed E-state index contributed by atoms with van der Waals surface area (Å²) in [6, 6.07) is 17.1. The maximum Gasteiger partial charge on any atom is 0.0408 e. The second-order valence-electron chi connectivity index (χ2n) is 5.53. The number of hydrogen-bond acceptors (Lipinski definition) is 1. The molecule has 0 atom stereocenters. The molecule has 2 aromatic carbocycles. The van der Waals surface area contributed by atoms with Gasteiger partial charge >= 0.3 is 0 Å². The van der Waals surface area contributed by atoms with Crippen molar-refractivity contribution < 1.29 is 0 Å². The van der Waals surface area contributed by atoms with Gasteiger partial charge in [0.25, 0.3) is 0 Å². The fourth-order valence-corrected chi connectivity index (χ4v) is 3.12. The van der Waals surface area contributed by atoms with Crippen molar-refractivity contribution in [1.29, 1.82) is 0 Å². The van der Waals surface area contributed by atoms with Gasteiger partial charge in [-0.25, -0.2) is 0 Å². The molecule has 0 spiro atoms. The summed E-state index contributed by atoms with van der Waals surface area (Å²) in [6.07, 6.45) is 3.53. The topological polar surface area (TPSA) is 3.24 Å². The van der Waals surface area contributed by atoms with Gasteiger partial charge < -0.3 is 0 Å². The van der Waals surface area contributed by atoms with Crippen molar-refractivity contribution in [2.45, 2.75) is 25.8 Å².